The van der Waals surface area contributed by atoms with Crippen LogP contribution in [-0.2, 0) is 6.61 Å². The van der Waals surface area contributed by atoms with Crippen molar-refractivity contribution in [1.29, 1.82) is 0 Å². The number of ether oxygens (including phenoxy) is 3. The number of amides is 1. The maximum Gasteiger partial charge on any atom is 0.257 e. The maximum atomic E-state index is 13.6. The maximum absolute atomic E-state index is 13.6. The SMILES string of the molecule is COc1ccc(C2CN(C(=O)c3cccc(OC)c3OCc3ccccn3)CCN2C)cc1. The van der Waals surface area contributed by atoms with Crippen molar-refractivity contribution in [2.45, 2.75) is 12.6 Å². The molecule has 1 fully saturated rings. The first-order valence-corrected chi connectivity index (χ1v) is 10.9. The van der Waals surface area contributed by atoms with Crippen LogP contribution in [0.15, 0.2) is 66.9 Å². The van der Waals surface area contributed by atoms with Gasteiger partial charge in [0.25, 0.3) is 5.91 Å². The molecule has 7 heteroatoms. The highest BCUT2D eigenvalue weighted by Crippen LogP contribution is 2.34. The third-order valence-corrected chi connectivity index (χ3v) is 5.96. The van der Waals surface area contributed by atoms with Gasteiger partial charge in [0.15, 0.2) is 11.5 Å². The molecule has 2 heterocycles. The van der Waals surface area contributed by atoms with Crippen molar-refractivity contribution in [3.63, 3.8) is 0 Å². The topological polar surface area (TPSA) is 64.1 Å². The third-order valence-electron chi connectivity index (χ3n) is 5.96. The predicted molar refractivity (Wildman–Crippen MR) is 126 cm³/mol. The fraction of sp³-hybridized carbons (Fsp3) is 0.308. The molecule has 0 radical (unpaired) electrons. The number of rotatable bonds is 7. The smallest absolute Gasteiger partial charge is 0.257 e. The first kappa shape index (κ1) is 22.6. The van der Waals surface area contributed by atoms with Gasteiger partial charge in [-0.1, -0.05) is 24.3 Å². The summed E-state index contributed by atoms with van der Waals surface area (Å²) < 4.78 is 16.8. The molecule has 2 aromatic carbocycles. The van der Waals surface area contributed by atoms with Crippen molar-refractivity contribution in [2.75, 3.05) is 40.9 Å². The van der Waals surface area contributed by atoms with Gasteiger partial charge >= 0.3 is 0 Å². The number of carbonyl (C=O) groups excluding carboxylic acids is 1. The van der Waals surface area contributed by atoms with E-state index in [0.29, 0.717) is 30.2 Å². The summed E-state index contributed by atoms with van der Waals surface area (Å²) in [7, 11) is 5.32. The molecule has 0 bridgehead atoms. The summed E-state index contributed by atoms with van der Waals surface area (Å²) in [6, 6.07) is 19.2. The third kappa shape index (κ3) is 5.09. The first-order chi connectivity index (χ1) is 16.1. The van der Waals surface area contributed by atoms with Crippen LogP contribution in [0.3, 0.4) is 0 Å². The molecule has 0 spiro atoms. The molecule has 1 saturated heterocycles. The number of aromatic nitrogens is 1. The Kier molecular flexibility index (Phi) is 7.10. The summed E-state index contributed by atoms with van der Waals surface area (Å²) in [5.74, 6) is 1.71. The molecule has 33 heavy (non-hydrogen) atoms. The Labute approximate surface area is 194 Å². The average Bonchev–Trinajstić information content (AvgIpc) is 2.87. The lowest BCUT2D eigenvalue weighted by Gasteiger charge is -2.40. The minimum absolute atomic E-state index is 0.0727. The molecule has 1 aliphatic heterocycles. The lowest BCUT2D eigenvalue weighted by Crippen LogP contribution is -2.49. The minimum atomic E-state index is -0.0727. The van der Waals surface area contributed by atoms with Crippen molar-refractivity contribution in [3.05, 3.63) is 83.7 Å². The molecule has 4 rings (SSSR count). The van der Waals surface area contributed by atoms with Crippen LogP contribution in [0.5, 0.6) is 17.2 Å². The highest BCUT2D eigenvalue weighted by molar-refractivity contribution is 5.98. The number of nitrogens with zero attached hydrogens (tertiary/aromatic N) is 3. The number of carbonyl (C=O) groups is 1. The van der Waals surface area contributed by atoms with Crippen LogP contribution in [0.1, 0.15) is 27.7 Å². The Bertz CT molecular complexity index is 1070. The Hall–Kier alpha value is -3.58. The van der Waals surface area contributed by atoms with Crippen molar-refractivity contribution < 1.29 is 19.0 Å². The van der Waals surface area contributed by atoms with Gasteiger partial charge in [-0.3, -0.25) is 14.7 Å². The van der Waals surface area contributed by atoms with Crippen LogP contribution in [-0.4, -0.2) is 61.6 Å². The highest BCUT2D eigenvalue weighted by atomic mass is 16.5. The second-order valence-electron chi connectivity index (χ2n) is 7.97. The number of piperazine rings is 1. The van der Waals surface area contributed by atoms with E-state index in [2.05, 4.69) is 29.1 Å². The molecule has 0 saturated carbocycles. The van der Waals surface area contributed by atoms with Gasteiger partial charge in [0, 0.05) is 25.8 Å². The Morgan fingerprint density at radius 1 is 1.00 bits per heavy atom. The van der Waals surface area contributed by atoms with E-state index in [1.165, 1.54) is 0 Å². The number of benzene rings is 2. The van der Waals surface area contributed by atoms with Gasteiger partial charge in [0.2, 0.25) is 0 Å². The van der Waals surface area contributed by atoms with Crippen LogP contribution < -0.4 is 14.2 Å². The molecule has 0 N–H and O–H groups in total. The van der Waals surface area contributed by atoms with Gasteiger partial charge in [0.1, 0.15) is 12.4 Å². The summed E-state index contributed by atoms with van der Waals surface area (Å²) >= 11 is 0. The van der Waals surface area contributed by atoms with Gasteiger partial charge in [0.05, 0.1) is 31.5 Å². The molecule has 3 aromatic rings. The number of hydrogen-bond donors (Lipinski definition) is 0. The van der Waals surface area contributed by atoms with E-state index in [1.807, 2.05) is 41.3 Å². The van der Waals surface area contributed by atoms with Crippen LogP contribution in [0, 0.1) is 0 Å². The number of methoxy groups -OCH3 is 2. The first-order valence-electron chi connectivity index (χ1n) is 10.9. The van der Waals surface area contributed by atoms with Gasteiger partial charge in [-0.25, -0.2) is 0 Å². The molecule has 1 amide bonds. The Morgan fingerprint density at radius 2 is 1.82 bits per heavy atom. The molecule has 0 aliphatic carbocycles. The van der Waals surface area contributed by atoms with Crippen molar-refractivity contribution in [3.8, 4) is 17.2 Å². The van der Waals surface area contributed by atoms with Gasteiger partial charge in [-0.2, -0.15) is 0 Å². The van der Waals surface area contributed by atoms with Crippen LogP contribution >= 0.6 is 0 Å². The largest absolute Gasteiger partial charge is 0.497 e. The van der Waals surface area contributed by atoms with E-state index in [-0.39, 0.29) is 18.6 Å². The minimum Gasteiger partial charge on any atom is -0.497 e. The molecule has 1 unspecified atom stereocenters. The zero-order chi connectivity index (χ0) is 23.2. The molecular formula is C26H29N3O4. The van der Waals surface area contributed by atoms with Crippen molar-refractivity contribution in [1.82, 2.24) is 14.8 Å². The summed E-state index contributed by atoms with van der Waals surface area (Å²) in [4.78, 5) is 22.1. The summed E-state index contributed by atoms with van der Waals surface area (Å²) in [6.45, 7) is 2.24. The van der Waals surface area contributed by atoms with E-state index in [0.717, 1.165) is 23.6 Å². The van der Waals surface area contributed by atoms with Crippen molar-refractivity contribution in [2.24, 2.45) is 0 Å². The average molecular weight is 448 g/mol. The Balaban J connectivity index is 1.56. The van der Waals surface area contributed by atoms with E-state index >= 15 is 0 Å². The zero-order valence-corrected chi connectivity index (χ0v) is 19.2. The second-order valence-corrected chi connectivity index (χ2v) is 7.97. The van der Waals surface area contributed by atoms with Crippen LogP contribution in [0.4, 0.5) is 0 Å². The normalized spacial score (nSPS) is 16.3. The van der Waals surface area contributed by atoms with Gasteiger partial charge in [-0.15, -0.1) is 0 Å². The lowest BCUT2D eigenvalue weighted by molar-refractivity contribution is 0.0541. The molecule has 1 aromatic heterocycles. The lowest BCUT2D eigenvalue weighted by atomic mass is 10.0. The summed E-state index contributed by atoms with van der Waals surface area (Å²) in [5.41, 5.74) is 2.41. The number of para-hydroxylation sites is 1. The summed E-state index contributed by atoms with van der Waals surface area (Å²) in [5, 5.41) is 0. The molecule has 1 aliphatic rings. The summed E-state index contributed by atoms with van der Waals surface area (Å²) in [6.07, 6.45) is 1.72. The van der Waals surface area contributed by atoms with Crippen molar-refractivity contribution >= 4 is 5.91 Å². The van der Waals surface area contributed by atoms with Crippen LogP contribution in [0.25, 0.3) is 0 Å². The number of pyridine rings is 1. The quantitative estimate of drug-likeness (QED) is 0.549. The number of likely N-dealkylation sites (N-methyl/N-ethyl adjacent to an activating group) is 1. The fourth-order valence-corrected chi connectivity index (χ4v) is 4.04. The van der Waals surface area contributed by atoms with Gasteiger partial charge in [-0.05, 0) is 49.0 Å². The monoisotopic (exact) mass is 447 g/mol. The standard InChI is InChI=1S/C26H29N3O4/c1-28-15-16-29(17-23(28)19-10-12-21(31-2)13-11-19)26(30)22-8-6-9-24(32-3)25(22)33-18-20-7-4-5-14-27-20/h4-14,23H,15-18H2,1-3H3. The molecule has 172 valence electrons. The number of hydrogen-bond acceptors (Lipinski definition) is 6. The van der Waals surface area contributed by atoms with Crippen LogP contribution in [0.2, 0.25) is 0 Å². The second kappa shape index (κ2) is 10.4. The van der Waals surface area contributed by atoms with E-state index < -0.39 is 0 Å². The Morgan fingerprint density at radius 3 is 2.52 bits per heavy atom. The molecular weight excluding hydrogens is 418 g/mol. The molecule has 7 nitrogen and oxygen atoms in total. The predicted octanol–water partition coefficient (Wildman–Crippen LogP) is 3.81. The van der Waals surface area contributed by atoms with E-state index in [1.54, 1.807) is 32.5 Å². The van der Waals surface area contributed by atoms with E-state index in [9.17, 15) is 4.79 Å². The van der Waals surface area contributed by atoms with Gasteiger partial charge < -0.3 is 19.1 Å². The zero-order valence-electron chi connectivity index (χ0n) is 19.2. The molecule has 1 atom stereocenters. The van der Waals surface area contributed by atoms with E-state index in [4.69, 9.17) is 14.2 Å². The highest BCUT2D eigenvalue weighted by Gasteiger charge is 2.31. The fourth-order valence-electron chi connectivity index (χ4n) is 4.04.